The maximum atomic E-state index is 12.5. The highest BCUT2D eigenvalue weighted by Crippen LogP contribution is 2.31. The molecule has 2 aromatic rings. The monoisotopic (exact) mass is 463 g/mol. The number of amides is 1. The van der Waals surface area contributed by atoms with Crippen molar-refractivity contribution in [2.45, 2.75) is 13.8 Å². The van der Waals surface area contributed by atoms with Gasteiger partial charge in [-0.25, -0.2) is 0 Å². The molecule has 0 saturated carbocycles. The first-order valence-corrected chi connectivity index (χ1v) is 10.8. The lowest BCUT2D eigenvalue weighted by atomic mass is 10.1. The molecule has 2 aliphatic heterocycles. The lowest BCUT2D eigenvalue weighted by Gasteiger charge is -2.23. The summed E-state index contributed by atoms with van der Waals surface area (Å²) < 4.78 is 22.6. The second kappa shape index (κ2) is 10.1. The number of fused-ring (bicyclic) bond motifs is 1. The molecule has 0 saturated heterocycles. The van der Waals surface area contributed by atoms with Crippen LogP contribution in [0.25, 0.3) is 6.08 Å². The van der Waals surface area contributed by atoms with E-state index >= 15 is 0 Å². The Morgan fingerprint density at radius 3 is 2.44 bits per heavy atom. The Balaban J connectivity index is 1.45. The van der Waals surface area contributed by atoms with E-state index < -0.39 is 5.91 Å². The molecule has 0 fully saturated rings. The van der Waals surface area contributed by atoms with Crippen molar-refractivity contribution < 1.29 is 28.6 Å². The SMILES string of the molecule is CCOc1cc(/C=C2\C(=N)N3OC(C)=CC3=NC2=O)ccc1OCCOc1ccccc1OC. The molecule has 0 atom stereocenters. The topological polar surface area (TPSA) is 103 Å². The van der Waals surface area contributed by atoms with Gasteiger partial charge >= 0.3 is 0 Å². The molecule has 9 heteroatoms. The molecular formula is C25H25N3O6. The second-order valence-electron chi connectivity index (χ2n) is 7.31. The number of methoxy groups -OCH3 is 1. The van der Waals surface area contributed by atoms with Gasteiger partial charge in [-0.2, -0.15) is 4.99 Å². The lowest BCUT2D eigenvalue weighted by Crippen LogP contribution is -2.38. The fraction of sp³-hybridized carbons (Fsp3) is 0.240. The van der Waals surface area contributed by atoms with E-state index in [0.29, 0.717) is 53.4 Å². The Labute approximate surface area is 197 Å². The molecule has 0 radical (unpaired) electrons. The Morgan fingerprint density at radius 2 is 1.74 bits per heavy atom. The highest BCUT2D eigenvalue weighted by Gasteiger charge is 2.34. The first-order valence-electron chi connectivity index (χ1n) is 10.8. The van der Waals surface area contributed by atoms with Crippen LogP contribution in [-0.2, 0) is 9.63 Å². The number of hydroxylamine groups is 2. The van der Waals surface area contributed by atoms with E-state index in [0.717, 1.165) is 0 Å². The minimum Gasteiger partial charge on any atom is -0.493 e. The first kappa shape index (κ1) is 22.9. The molecule has 2 aliphatic rings. The predicted molar refractivity (Wildman–Crippen MR) is 126 cm³/mol. The molecule has 2 heterocycles. The number of carbonyl (C=O) groups is 1. The van der Waals surface area contributed by atoms with Crippen molar-refractivity contribution >= 4 is 23.7 Å². The quantitative estimate of drug-likeness (QED) is 0.443. The summed E-state index contributed by atoms with van der Waals surface area (Å²) in [4.78, 5) is 21.9. The van der Waals surface area contributed by atoms with Gasteiger partial charge in [-0.1, -0.05) is 18.2 Å². The van der Waals surface area contributed by atoms with Crippen LogP contribution in [0.4, 0.5) is 0 Å². The summed E-state index contributed by atoms with van der Waals surface area (Å²) in [6.07, 6.45) is 3.19. The van der Waals surface area contributed by atoms with E-state index in [4.69, 9.17) is 29.2 Å². The van der Waals surface area contributed by atoms with Gasteiger partial charge < -0.3 is 23.8 Å². The number of hydrogen-bond donors (Lipinski definition) is 1. The van der Waals surface area contributed by atoms with Crippen LogP contribution in [0.5, 0.6) is 23.0 Å². The van der Waals surface area contributed by atoms with Crippen LogP contribution >= 0.6 is 0 Å². The van der Waals surface area contributed by atoms with Gasteiger partial charge in [-0.3, -0.25) is 10.2 Å². The van der Waals surface area contributed by atoms with Crippen molar-refractivity contribution in [3.8, 4) is 23.0 Å². The molecule has 9 nitrogen and oxygen atoms in total. The number of amidine groups is 2. The largest absolute Gasteiger partial charge is 0.493 e. The Morgan fingerprint density at radius 1 is 1.03 bits per heavy atom. The molecule has 0 aliphatic carbocycles. The van der Waals surface area contributed by atoms with Gasteiger partial charge in [0.25, 0.3) is 5.91 Å². The number of allylic oxidation sites excluding steroid dienone is 1. The lowest BCUT2D eigenvalue weighted by molar-refractivity contribution is -0.114. The van der Waals surface area contributed by atoms with Gasteiger partial charge in [0.05, 0.1) is 19.3 Å². The van der Waals surface area contributed by atoms with Gasteiger partial charge in [0.1, 0.15) is 19.0 Å². The smallest absolute Gasteiger partial charge is 0.282 e. The Bertz CT molecular complexity index is 1200. The molecular weight excluding hydrogens is 438 g/mol. The van der Waals surface area contributed by atoms with E-state index in [1.165, 1.54) is 5.06 Å². The number of benzene rings is 2. The van der Waals surface area contributed by atoms with Gasteiger partial charge in [-0.15, -0.1) is 5.06 Å². The molecule has 0 unspecified atom stereocenters. The third-order valence-corrected chi connectivity index (χ3v) is 4.93. The van der Waals surface area contributed by atoms with Crippen LogP contribution < -0.4 is 18.9 Å². The summed E-state index contributed by atoms with van der Waals surface area (Å²) in [6.45, 7) is 4.64. The number of nitrogens with zero attached hydrogens (tertiary/aromatic N) is 2. The average molecular weight is 463 g/mol. The third kappa shape index (κ3) is 4.88. The summed E-state index contributed by atoms with van der Waals surface area (Å²) in [6, 6.07) is 12.7. The molecule has 0 spiro atoms. The zero-order valence-electron chi connectivity index (χ0n) is 19.2. The summed E-state index contributed by atoms with van der Waals surface area (Å²) in [5.74, 6) is 2.64. The van der Waals surface area contributed by atoms with Crippen molar-refractivity contribution in [1.82, 2.24) is 5.06 Å². The summed E-state index contributed by atoms with van der Waals surface area (Å²) >= 11 is 0. The van der Waals surface area contributed by atoms with Crippen LogP contribution in [0.1, 0.15) is 19.4 Å². The van der Waals surface area contributed by atoms with Gasteiger partial charge in [-0.05, 0) is 49.8 Å². The average Bonchev–Trinajstić information content (AvgIpc) is 3.21. The first-order chi connectivity index (χ1) is 16.5. The van der Waals surface area contributed by atoms with E-state index in [2.05, 4.69) is 4.99 Å². The predicted octanol–water partition coefficient (Wildman–Crippen LogP) is 4.00. The molecule has 1 amide bonds. The van der Waals surface area contributed by atoms with E-state index in [1.807, 2.05) is 31.2 Å². The molecule has 176 valence electrons. The van der Waals surface area contributed by atoms with Crippen molar-refractivity contribution in [2.75, 3.05) is 26.9 Å². The normalized spacial score (nSPS) is 16.0. The zero-order valence-corrected chi connectivity index (χ0v) is 19.2. The van der Waals surface area contributed by atoms with Crippen LogP contribution in [0.3, 0.4) is 0 Å². The number of carbonyl (C=O) groups excluding carboxylic acids is 1. The number of aliphatic imine (C=N–C) groups is 1. The van der Waals surface area contributed by atoms with Gasteiger partial charge in [0.2, 0.25) is 0 Å². The Hall–Kier alpha value is -4.27. The third-order valence-electron chi connectivity index (χ3n) is 4.93. The van der Waals surface area contributed by atoms with Gasteiger partial charge in [0, 0.05) is 6.08 Å². The van der Waals surface area contributed by atoms with Crippen LogP contribution in [0, 0.1) is 5.41 Å². The minimum atomic E-state index is -0.502. The van der Waals surface area contributed by atoms with Crippen molar-refractivity contribution in [1.29, 1.82) is 5.41 Å². The number of ether oxygens (including phenoxy) is 4. The van der Waals surface area contributed by atoms with Crippen LogP contribution in [0.2, 0.25) is 0 Å². The van der Waals surface area contributed by atoms with Crippen molar-refractivity contribution in [2.24, 2.45) is 4.99 Å². The summed E-state index contributed by atoms with van der Waals surface area (Å²) in [7, 11) is 1.59. The van der Waals surface area contributed by atoms with E-state index in [1.54, 1.807) is 44.4 Å². The fourth-order valence-electron chi connectivity index (χ4n) is 3.41. The molecule has 4 rings (SSSR count). The minimum absolute atomic E-state index is 0.0742. The number of hydrogen-bond acceptors (Lipinski definition) is 7. The molecule has 0 bridgehead atoms. The van der Waals surface area contributed by atoms with Gasteiger partial charge in [0.15, 0.2) is 34.7 Å². The standard InChI is InChI=1S/C25H25N3O6/c1-4-31-22-15-17(14-18-24(26)28-23(27-25(18)29)13-16(2)34-28)9-10-21(22)33-12-11-32-20-8-6-5-7-19(20)30-3/h5-10,13-15,26H,4,11-12H2,1-3H3/b18-14+,26-24?. The second-order valence-corrected chi connectivity index (χ2v) is 7.31. The van der Waals surface area contributed by atoms with Crippen molar-refractivity contribution in [3.63, 3.8) is 0 Å². The molecule has 0 aromatic heterocycles. The number of nitrogens with one attached hydrogen (secondary N) is 1. The summed E-state index contributed by atoms with van der Waals surface area (Å²) in [5.41, 5.74) is 0.782. The highest BCUT2D eigenvalue weighted by atomic mass is 16.7. The fourth-order valence-corrected chi connectivity index (χ4v) is 3.41. The molecule has 1 N–H and O–H groups in total. The van der Waals surface area contributed by atoms with E-state index in [-0.39, 0.29) is 18.0 Å². The maximum absolute atomic E-state index is 12.5. The highest BCUT2D eigenvalue weighted by molar-refractivity contribution is 6.32. The number of rotatable bonds is 9. The maximum Gasteiger partial charge on any atom is 0.282 e. The van der Waals surface area contributed by atoms with Crippen molar-refractivity contribution in [3.05, 3.63) is 65.4 Å². The Kier molecular flexibility index (Phi) is 6.82. The number of para-hydroxylation sites is 2. The van der Waals surface area contributed by atoms with Crippen LogP contribution in [-0.4, -0.2) is 49.6 Å². The zero-order chi connectivity index (χ0) is 24.1. The van der Waals surface area contributed by atoms with E-state index in [9.17, 15) is 4.79 Å². The van der Waals surface area contributed by atoms with Crippen LogP contribution in [0.15, 0.2) is 64.9 Å². The summed E-state index contributed by atoms with van der Waals surface area (Å²) in [5, 5.41) is 9.58. The molecule has 34 heavy (non-hydrogen) atoms. The molecule has 2 aromatic carbocycles.